The predicted molar refractivity (Wildman–Crippen MR) is 202 cm³/mol. The summed E-state index contributed by atoms with van der Waals surface area (Å²) in [7, 11) is 0. The third kappa shape index (κ3) is 6.44. The Hall–Kier alpha value is -4.47. The van der Waals surface area contributed by atoms with E-state index in [2.05, 4.69) is 146 Å². The summed E-state index contributed by atoms with van der Waals surface area (Å²) in [6, 6.07) is 37.0. The van der Waals surface area contributed by atoms with Crippen molar-refractivity contribution in [3.05, 3.63) is 131 Å². The minimum atomic E-state index is -0.0151. The Balaban J connectivity index is 0.00000432. The minimum Gasteiger partial charge on any atom is -0.509 e. The Morgan fingerprint density at radius 3 is 2.24 bits per heavy atom. The van der Waals surface area contributed by atoms with Crippen LogP contribution in [0.2, 0.25) is 0 Å². The molecule has 7 aromatic rings. The third-order valence-electron chi connectivity index (χ3n) is 9.93. The van der Waals surface area contributed by atoms with Crippen molar-refractivity contribution >= 4 is 21.8 Å². The number of benzene rings is 4. The van der Waals surface area contributed by atoms with E-state index in [-0.39, 0.29) is 31.9 Å². The van der Waals surface area contributed by atoms with E-state index in [0.717, 1.165) is 62.4 Å². The molecule has 7 rings (SSSR count). The summed E-state index contributed by atoms with van der Waals surface area (Å²) >= 11 is 0. The van der Waals surface area contributed by atoms with Crippen LogP contribution in [0.15, 0.2) is 91.1 Å². The quantitative estimate of drug-likeness (QED) is 0.150. The molecule has 0 fully saturated rings. The van der Waals surface area contributed by atoms with Gasteiger partial charge in [-0.05, 0) is 77.1 Å². The summed E-state index contributed by atoms with van der Waals surface area (Å²) in [5.41, 5.74) is 10.8. The summed E-state index contributed by atoms with van der Waals surface area (Å²) in [5, 5.41) is 7.22. The molecule has 5 nitrogen and oxygen atoms in total. The normalized spacial score (nSPS) is 12.0. The van der Waals surface area contributed by atoms with Gasteiger partial charge >= 0.3 is 21.1 Å². The topological polar surface area (TPSA) is 44.9 Å². The van der Waals surface area contributed by atoms with E-state index in [0.29, 0.717) is 11.5 Å². The molecule has 3 aromatic heterocycles. The number of rotatable bonds is 7. The van der Waals surface area contributed by atoms with Crippen LogP contribution in [0.1, 0.15) is 76.0 Å². The van der Waals surface area contributed by atoms with Crippen LogP contribution >= 0.6 is 0 Å². The maximum Gasteiger partial charge on any atom is 2.00 e. The number of hydrogen-bond acceptors (Lipinski definition) is 3. The smallest absolute Gasteiger partial charge is 0.509 e. The molecule has 0 N–H and O–H groups in total. The van der Waals surface area contributed by atoms with E-state index in [1.54, 1.807) is 0 Å². The van der Waals surface area contributed by atoms with Crippen LogP contribution in [-0.4, -0.2) is 19.3 Å². The van der Waals surface area contributed by atoms with Gasteiger partial charge in [0, 0.05) is 34.5 Å². The average molecular weight is 840 g/mol. The first-order chi connectivity index (χ1) is 23.3. The summed E-state index contributed by atoms with van der Waals surface area (Å²) in [5.74, 6) is 2.09. The Morgan fingerprint density at radius 2 is 1.52 bits per heavy atom. The van der Waals surface area contributed by atoms with Gasteiger partial charge < -0.3 is 9.30 Å². The van der Waals surface area contributed by atoms with Gasteiger partial charge in [0.15, 0.2) is 0 Å². The first-order valence-electron chi connectivity index (χ1n) is 17.2. The molecule has 0 spiro atoms. The van der Waals surface area contributed by atoms with Crippen molar-refractivity contribution in [1.29, 1.82) is 0 Å². The molecule has 0 aliphatic heterocycles. The van der Waals surface area contributed by atoms with Gasteiger partial charge in [-0.3, -0.25) is 4.68 Å². The Morgan fingerprint density at radius 1 is 0.760 bits per heavy atom. The van der Waals surface area contributed by atoms with E-state index >= 15 is 0 Å². The van der Waals surface area contributed by atoms with Crippen LogP contribution in [0.3, 0.4) is 0 Å². The van der Waals surface area contributed by atoms with Crippen molar-refractivity contribution in [2.75, 3.05) is 0 Å². The van der Waals surface area contributed by atoms with Gasteiger partial charge in [-0.2, -0.15) is 16.7 Å². The Kier molecular flexibility index (Phi) is 9.43. The van der Waals surface area contributed by atoms with Gasteiger partial charge in [-0.25, -0.2) is 4.98 Å². The van der Waals surface area contributed by atoms with Crippen LogP contribution in [-0.2, 0) is 31.9 Å². The maximum absolute atomic E-state index is 6.57. The molecule has 3 heterocycles. The first-order valence-corrected chi connectivity index (χ1v) is 17.2. The van der Waals surface area contributed by atoms with Crippen molar-refractivity contribution in [3.8, 4) is 34.1 Å². The van der Waals surface area contributed by atoms with Crippen LogP contribution < -0.4 is 4.74 Å². The van der Waals surface area contributed by atoms with Crippen molar-refractivity contribution in [2.45, 2.75) is 79.6 Å². The number of aryl methyl sites for hydroxylation is 2. The number of ether oxygens (including phenoxy) is 1. The van der Waals surface area contributed by atoms with Gasteiger partial charge in [0.05, 0.1) is 5.69 Å². The maximum atomic E-state index is 6.57. The zero-order valence-electron chi connectivity index (χ0n) is 30.4. The van der Waals surface area contributed by atoms with Gasteiger partial charge in [0.2, 0.25) is 0 Å². The van der Waals surface area contributed by atoms with Crippen molar-refractivity contribution < 1.29 is 25.8 Å². The Labute approximate surface area is 310 Å². The molecule has 0 atom stereocenters. The molecule has 50 heavy (non-hydrogen) atoms. The fraction of sp³-hybridized carbons (Fsp3) is 0.273. The zero-order chi connectivity index (χ0) is 34.7. The second kappa shape index (κ2) is 13.3. The molecular weight excluding hydrogens is 796 g/mol. The zero-order valence-corrected chi connectivity index (χ0v) is 32.7. The molecule has 0 bridgehead atoms. The fourth-order valence-corrected chi connectivity index (χ4v) is 6.70. The van der Waals surface area contributed by atoms with Crippen LogP contribution in [0.5, 0.6) is 11.5 Å². The van der Waals surface area contributed by atoms with Crippen LogP contribution in [0.25, 0.3) is 44.4 Å². The molecule has 4 aromatic carbocycles. The first kappa shape index (κ1) is 35.4. The summed E-state index contributed by atoms with van der Waals surface area (Å²) < 4.78 is 10.8. The molecule has 0 aliphatic rings. The predicted octanol–water partition coefficient (Wildman–Crippen LogP) is 11.3. The largest absolute Gasteiger partial charge is 2.00 e. The molecule has 0 saturated carbocycles. The number of aromatic nitrogens is 4. The Bertz CT molecular complexity index is 2340. The number of hydrogen-bond donors (Lipinski definition) is 0. The summed E-state index contributed by atoms with van der Waals surface area (Å²) in [6.07, 6.45) is 2.96. The molecule has 0 radical (unpaired) electrons. The molecule has 256 valence electrons. The van der Waals surface area contributed by atoms with Gasteiger partial charge in [-0.1, -0.05) is 96.4 Å². The van der Waals surface area contributed by atoms with E-state index < -0.39 is 0 Å². The van der Waals surface area contributed by atoms with Gasteiger partial charge in [-0.15, -0.1) is 35.7 Å². The average Bonchev–Trinajstić information content (AvgIpc) is 3.56. The van der Waals surface area contributed by atoms with Crippen LogP contribution in [0, 0.1) is 32.9 Å². The molecule has 6 heteroatoms. The molecule has 0 unspecified atom stereocenters. The van der Waals surface area contributed by atoms with Crippen molar-refractivity contribution in [2.24, 2.45) is 0 Å². The van der Waals surface area contributed by atoms with Gasteiger partial charge in [0.25, 0.3) is 0 Å². The molecule has 0 saturated heterocycles. The van der Waals surface area contributed by atoms with E-state index in [4.69, 9.17) is 14.8 Å². The second-order valence-corrected chi connectivity index (χ2v) is 14.9. The third-order valence-corrected chi connectivity index (χ3v) is 9.93. The van der Waals surface area contributed by atoms with Crippen molar-refractivity contribution in [3.63, 3.8) is 0 Å². The molecule has 0 aliphatic carbocycles. The summed E-state index contributed by atoms with van der Waals surface area (Å²) in [4.78, 5) is 4.88. The van der Waals surface area contributed by atoms with E-state index in [9.17, 15) is 0 Å². The number of fused-ring (bicyclic) bond motifs is 3. The molecular formula is C44H44N4OPt. The minimum absolute atomic E-state index is 0. The fourth-order valence-electron chi connectivity index (χ4n) is 6.70. The van der Waals surface area contributed by atoms with E-state index in [1.807, 2.05) is 29.1 Å². The summed E-state index contributed by atoms with van der Waals surface area (Å²) in [6.45, 7) is 19.8. The standard InChI is InChI=1S/C44H44N4O.Pt/c1-10-44(8,9)33-16-19-39-38(24-33)37-18-17-35(27-40(37)47(39)41-25-32(20-21-45-41)43(5,6)7)49-36-23-28(2)22-34(26-36)48-30(4)42(29(3)46-48)31-14-12-11-13-15-31;/h11-25H,10H2,1-9H3;/q-2;+2. The van der Waals surface area contributed by atoms with Crippen LogP contribution in [0.4, 0.5) is 0 Å². The van der Waals surface area contributed by atoms with Crippen molar-refractivity contribution in [1.82, 2.24) is 19.3 Å². The number of pyridine rings is 1. The SMILES string of the molecule is CCC(C)(C)c1ccc2c(c1)c1ccc(Oc3[c-]c(-n4nc(C)c(-c5ccccc5)c4C)cc(C)c3)[c-]c1n2-c1cc(C(C)(C)C)ccn1.[Pt+2]. The number of nitrogens with zero attached hydrogens (tertiary/aromatic N) is 4. The van der Waals surface area contributed by atoms with E-state index in [1.165, 1.54) is 16.5 Å². The van der Waals surface area contributed by atoms with Gasteiger partial charge in [0.1, 0.15) is 5.82 Å². The molecule has 0 amide bonds. The monoisotopic (exact) mass is 839 g/mol. The second-order valence-electron chi connectivity index (χ2n) is 14.9.